The van der Waals surface area contributed by atoms with Gasteiger partial charge in [-0.1, -0.05) is 6.07 Å². The van der Waals surface area contributed by atoms with Crippen molar-refractivity contribution in [1.82, 2.24) is 4.90 Å². The highest BCUT2D eigenvalue weighted by Gasteiger charge is 2.08. The van der Waals surface area contributed by atoms with Crippen LogP contribution in [0, 0.1) is 5.82 Å². The monoisotopic (exact) mass is 256 g/mol. The summed E-state index contributed by atoms with van der Waals surface area (Å²) < 4.78 is 18.7. The molecule has 18 heavy (non-hydrogen) atoms. The van der Waals surface area contributed by atoms with Crippen molar-refractivity contribution in [3.8, 4) is 5.75 Å². The average Bonchev–Trinajstić information content (AvgIpc) is 2.32. The standard InChI is InChI=1S/C13H21FN2O2/c1-3-18-13-5-4-10(6-12(13)14)7-16(2)8-11(15)9-17/h4-6,11,17H,3,7-9,15H2,1-2H3. The van der Waals surface area contributed by atoms with Crippen LogP contribution in [0.15, 0.2) is 18.2 Å². The van der Waals surface area contributed by atoms with E-state index in [1.54, 1.807) is 6.07 Å². The largest absolute Gasteiger partial charge is 0.491 e. The van der Waals surface area contributed by atoms with Crippen LogP contribution in [0.1, 0.15) is 12.5 Å². The van der Waals surface area contributed by atoms with E-state index in [1.165, 1.54) is 6.07 Å². The van der Waals surface area contributed by atoms with Gasteiger partial charge in [0.15, 0.2) is 11.6 Å². The van der Waals surface area contributed by atoms with Crippen molar-refractivity contribution >= 4 is 0 Å². The molecule has 0 fully saturated rings. The predicted molar refractivity (Wildman–Crippen MR) is 69.0 cm³/mol. The molecule has 0 aliphatic rings. The van der Waals surface area contributed by atoms with E-state index in [4.69, 9.17) is 15.6 Å². The minimum absolute atomic E-state index is 0.0536. The first-order valence-corrected chi connectivity index (χ1v) is 6.03. The number of aliphatic hydroxyl groups is 1. The minimum Gasteiger partial charge on any atom is -0.491 e. The Morgan fingerprint density at radius 1 is 1.50 bits per heavy atom. The zero-order chi connectivity index (χ0) is 13.5. The average molecular weight is 256 g/mol. The molecule has 0 radical (unpaired) electrons. The third kappa shape index (κ3) is 4.60. The van der Waals surface area contributed by atoms with Gasteiger partial charge in [0.25, 0.3) is 0 Å². The van der Waals surface area contributed by atoms with Crippen LogP contribution in [0.2, 0.25) is 0 Å². The van der Waals surface area contributed by atoms with Crippen LogP contribution in [0.4, 0.5) is 4.39 Å². The minimum atomic E-state index is -0.353. The highest BCUT2D eigenvalue weighted by Crippen LogP contribution is 2.19. The van der Waals surface area contributed by atoms with Crippen molar-refractivity contribution in [2.75, 3.05) is 26.8 Å². The van der Waals surface area contributed by atoms with Crippen molar-refractivity contribution in [3.63, 3.8) is 0 Å². The summed E-state index contributed by atoms with van der Waals surface area (Å²) in [6.07, 6.45) is 0. The second-order valence-corrected chi connectivity index (χ2v) is 4.34. The lowest BCUT2D eigenvalue weighted by Gasteiger charge is -2.20. The van der Waals surface area contributed by atoms with Gasteiger partial charge < -0.3 is 20.5 Å². The second kappa shape index (κ2) is 7.31. The number of hydrogen-bond acceptors (Lipinski definition) is 4. The molecule has 1 aromatic carbocycles. The van der Waals surface area contributed by atoms with E-state index in [1.807, 2.05) is 24.9 Å². The Kier molecular flexibility index (Phi) is 6.04. The molecule has 0 amide bonds. The summed E-state index contributed by atoms with van der Waals surface area (Å²) in [5, 5.41) is 8.86. The van der Waals surface area contributed by atoms with Gasteiger partial charge in [0.05, 0.1) is 13.2 Å². The van der Waals surface area contributed by atoms with Crippen molar-refractivity contribution in [2.45, 2.75) is 19.5 Å². The van der Waals surface area contributed by atoms with E-state index in [0.717, 1.165) is 5.56 Å². The molecule has 1 aromatic rings. The van der Waals surface area contributed by atoms with E-state index in [9.17, 15) is 4.39 Å². The van der Waals surface area contributed by atoms with Crippen molar-refractivity contribution < 1.29 is 14.2 Å². The summed E-state index contributed by atoms with van der Waals surface area (Å²) in [5.74, 6) is -0.0785. The molecule has 0 heterocycles. The quantitative estimate of drug-likeness (QED) is 0.763. The number of rotatable bonds is 7. The second-order valence-electron chi connectivity index (χ2n) is 4.34. The summed E-state index contributed by atoms with van der Waals surface area (Å²) in [6, 6.07) is 4.65. The fourth-order valence-electron chi connectivity index (χ4n) is 1.75. The van der Waals surface area contributed by atoms with Gasteiger partial charge in [-0.25, -0.2) is 4.39 Å². The maximum Gasteiger partial charge on any atom is 0.165 e. The fourth-order valence-corrected chi connectivity index (χ4v) is 1.75. The molecule has 0 aromatic heterocycles. The number of aliphatic hydroxyl groups excluding tert-OH is 1. The highest BCUT2D eigenvalue weighted by atomic mass is 19.1. The van der Waals surface area contributed by atoms with E-state index in [-0.39, 0.29) is 24.2 Å². The number of halogens is 1. The molecule has 4 nitrogen and oxygen atoms in total. The number of nitrogens with two attached hydrogens (primary N) is 1. The normalized spacial score (nSPS) is 12.8. The van der Waals surface area contributed by atoms with E-state index in [2.05, 4.69) is 0 Å². The molecule has 0 saturated carbocycles. The number of likely N-dealkylation sites (N-methyl/N-ethyl adjacent to an activating group) is 1. The molecule has 0 bridgehead atoms. The van der Waals surface area contributed by atoms with Crippen molar-refractivity contribution in [1.29, 1.82) is 0 Å². The first kappa shape index (κ1) is 14.9. The molecule has 5 heteroatoms. The van der Waals surface area contributed by atoms with Crippen LogP contribution in [-0.2, 0) is 6.54 Å². The summed E-state index contributed by atoms with van der Waals surface area (Å²) in [7, 11) is 1.88. The number of hydrogen-bond donors (Lipinski definition) is 2. The molecule has 3 N–H and O–H groups in total. The van der Waals surface area contributed by atoms with Gasteiger partial charge in [-0.15, -0.1) is 0 Å². The van der Waals surface area contributed by atoms with Gasteiger partial charge in [0, 0.05) is 19.1 Å². The van der Waals surface area contributed by atoms with Gasteiger partial charge in [-0.3, -0.25) is 0 Å². The fraction of sp³-hybridized carbons (Fsp3) is 0.538. The molecule has 102 valence electrons. The van der Waals surface area contributed by atoms with E-state index in [0.29, 0.717) is 19.7 Å². The van der Waals surface area contributed by atoms with Gasteiger partial charge in [0.2, 0.25) is 0 Å². The smallest absolute Gasteiger partial charge is 0.165 e. The van der Waals surface area contributed by atoms with Crippen molar-refractivity contribution in [2.24, 2.45) is 5.73 Å². The maximum absolute atomic E-state index is 13.6. The lowest BCUT2D eigenvalue weighted by Crippen LogP contribution is -2.37. The van der Waals surface area contributed by atoms with Crippen LogP contribution in [0.3, 0.4) is 0 Å². The number of nitrogens with zero attached hydrogens (tertiary/aromatic N) is 1. The summed E-state index contributed by atoms with van der Waals surface area (Å²) in [6.45, 7) is 3.35. The molecular weight excluding hydrogens is 235 g/mol. The predicted octanol–water partition coefficient (Wildman–Crippen LogP) is 0.976. The third-order valence-corrected chi connectivity index (χ3v) is 2.53. The summed E-state index contributed by atoms with van der Waals surface area (Å²) in [5.41, 5.74) is 6.49. The highest BCUT2D eigenvalue weighted by molar-refractivity contribution is 5.29. The van der Waals surface area contributed by atoms with Gasteiger partial charge in [-0.2, -0.15) is 0 Å². The Hall–Kier alpha value is -1.17. The molecule has 0 aliphatic heterocycles. The topological polar surface area (TPSA) is 58.7 Å². The van der Waals surface area contributed by atoms with Crippen LogP contribution in [-0.4, -0.2) is 42.9 Å². The zero-order valence-corrected chi connectivity index (χ0v) is 10.9. The van der Waals surface area contributed by atoms with Crippen LogP contribution >= 0.6 is 0 Å². The van der Waals surface area contributed by atoms with Crippen LogP contribution < -0.4 is 10.5 Å². The Morgan fingerprint density at radius 2 is 2.22 bits per heavy atom. The van der Waals surface area contributed by atoms with Gasteiger partial charge in [0.1, 0.15) is 0 Å². The third-order valence-electron chi connectivity index (χ3n) is 2.53. The molecule has 1 atom stereocenters. The number of ether oxygens (including phenoxy) is 1. The van der Waals surface area contributed by atoms with E-state index >= 15 is 0 Å². The van der Waals surface area contributed by atoms with Gasteiger partial charge in [-0.05, 0) is 31.7 Å². The first-order chi connectivity index (χ1) is 8.56. The summed E-state index contributed by atoms with van der Waals surface area (Å²) >= 11 is 0. The Morgan fingerprint density at radius 3 is 2.78 bits per heavy atom. The van der Waals surface area contributed by atoms with Crippen molar-refractivity contribution in [3.05, 3.63) is 29.6 Å². The first-order valence-electron chi connectivity index (χ1n) is 6.03. The molecule has 0 spiro atoms. The Balaban J connectivity index is 2.59. The summed E-state index contributed by atoms with van der Waals surface area (Å²) in [4.78, 5) is 1.94. The Bertz CT molecular complexity index is 374. The molecule has 1 unspecified atom stereocenters. The SMILES string of the molecule is CCOc1ccc(CN(C)CC(N)CO)cc1F. The van der Waals surface area contributed by atoms with Crippen LogP contribution in [0.25, 0.3) is 0 Å². The maximum atomic E-state index is 13.6. The number of benzene rings is 1. The lowest BCUT2D eigenvalue weighted by molar-refractivity contribution is 0.218. The van der Waals surface area contributed by atoms with Gasteiger partial charge >= 0.3 is 0 Å². The Labute approximate surface area is 107 Å². The molecular formula is C13H21FN2O2. The lowest BCUT2D eigenvalue weighted by atomic mass is 10.2. The zero-order valence-electron chi connectivity index (χ0n) is 10.9. The van der Waals surface area contributed by atoms with E-state index < -0.39 is 0 Å². The molecule has 1 rings (SSSR count). The molecule has 0 saturated heterocycles. The molecule has 0 aliphatic carbocycles. The van der Waals surface area contributed by atoms with Crippen LogP contribution in [0.5, 0.6) is 5.75 Å².